The minimum absolute atomic E-state index is 0.0294. The second-order valence-corrected chi connectivity index (χ2v) is 8.85. The van der Waals surface area contributed by atoms with Crippen molar-refractivity contribution in [3.05, 3.63) is 69.1 Å². The van der Waals surface area contributed by atoms with E-state index in [1.165, 1.54) is 5.56 Å². The molecule has 0 radical (unpaired) electrons. The average molecular weight is 406 g/mol. The number of carbonyl (C=O) groups excluding carboxylic acids is 1. The van der Waals surface area contributed by atoms with E-state index in [0.29, 0.717) is 17.1 Å². The third kappa shape index (κ3) is 3.97. The summed E-state index contributed by atoms with van der Waals surface area (Å²) in [6, 6.07) is 11.2. The van der Waals surface area contributed by atoms with E-state index in [1.807, 2.05) is 31.2 Å². The summed E-state index contributed by atoms with van der Waals surface area (Å²) in [5.74, 6) is 0.495. The van der Waals surface area contributed by atoms with Crippen molar-refractivity contribution in [3.63, 3.8) is 0 Å². The molecule has 30 heavy (non-hydrogen) atoms. The molecule has 0 saturated carbocycles. The van der Waals surface area contributed by atoms with Crippen LogP contribution in [0.25, 0.3) is 11.0 Å². The summed E-state index contributed by atoms with van der Waals surface area (Å²) >= 11 is 0. The molecule has 0 amide bonds. The highest BCUT2D eigenvalue weighted by Crippen LogP contribution is 2.30. The highest BCUT2D eigenvalue weighted by Gasteiger charge is 2.20. The summed E-state index contributed by atoms with van der Waals surface area (Å²) in [4.78, 5) is 24.4. The Bertz CT molecular complexity index is 1180. The average Bonchev–Trinajstić information content (AvgIpc) is 3.18. The van der Waals surface area contributed by atoms with Gasteiger partial charge in [0.1, 0.15) is 17.1 Å². The van der Waals surface area contributed by atoms with Gasteiger partial charge in [0.15, 0.2) is 6.61 Å². The van der Waals surface area contributed by atoms with E-state index in [-0.39, 0.29) is 17.6 Å². The van der Waals surface area contributed by atoms with Crippen LogP contribution in [0.2, 0.25) is 0 Å². The van der Waals surface area contributed by atoms with Crippen molar-refractivity contribution < 1.29 is 18.7 Å². The zero-order valence-electron chi connectivity index (χ0n) is 17.8. The number of fused-ring (bicyclic) bond motifs is 3. The van der Waals surface area contributed by atoms with E-state index < -0.39 is 5.97 Å². The van der Waals surface area contributed by atoms with Crippen LogP contribution >= 0.6 is 0 Å². The Morgan fingerprint density at radius 1 is 1.07 bits per heavy atom. The standard InChI is InChI=1S/C25H26O5/c1-15-12-16(25(2,3)4)8-11-21(15)29-23(26)14-28-17-9-10-19-18-6-5-7-20(18)24(27)30-22(19)13-17/h8-13H,5-7,14H2,1-4H3. The molecule has 1 aromatic heterocycles. The Kier molecular flexibility index (Phi) is 5.14. The van der Waals surface area contributed by atoms with Gasteiger partial charge in [-0.3, -0.25) is 0 Å². The molecule has 0 aliphatic heterocycles. The van der Waals surface area contributed by atoms with E-state index in [4.69, 9.17) is 13.9 Å². The van der Waals surface area contributed by atoms with Gasteiger partial charge < -0.3 is 13.9 Å². The zero-order chi connectivity index (χ0) is 21.5. The van der Waals surface area contributed by atoms with Crippen LogP contribution in [0.15, 0.2) is 45.6 Å². The molecule has 0 fully saturated rings. The molecule has 2 aromatic carbocycles. The van der Waals surface area contributed by atoms with Gasteiger partial charge in [-0.15, -0.1) is 0 Å². The lowest BCUT2D eigenvalue weighted by atomic mass is 9.86. The van der Waals surface area contributed by atoms with Gasteiger partial charge in [-0.05, 0) is 66.5 Å². The maximum absolute atomic E-state index is 12.3. The number of hydrogen-bond acceptors (Lipinski definition) is 5. The smallest absolute Gasteiger partial charge is 0.349 e. The number of esters is 1. The SMILES string of the molecule is Cc1cc(C(C)(C)C)ccc1OC(=O)COc1ccc2c3c(c(=O)oc2c1)CCC3. The first-order valence-corrected chi connectivity index (χ1v) is 10.3. The number of rotatable bonds is 4. The van der Waals surface area contributed by atoms with Gasteiger partial charge in [0, 0.05) is 17.0 Å². The van der Waals surface area contributed by atoms with E-state index in [9.17, 15) is 9.59 Å². The normalized spacial score (nSPS) is 13.3. The maximum atomic E-state index is 12.3. The Balaban J connectivity index is 1.45. The van der Waals surface area contributed by atoms with Crippen molar-refractivity contribution >= 4 is 16.9 Å². The lowest BCUT2D eigenvalue weighted by molar-refractivity contribution is -0.136. The van der Waals surface area contributed by atoms with E-state index >= 15 is 0 Å². The van der Waals surface area contributed by atoms with Gasteiger partial charge >= 0.3 is 11.6 Å². The summed E-state index contributed by atoms with van der Waals surface area (Å²) in [7, 11) is 0. The fraction of sp³-hybridized carbons (Fsp3) is 0.360. The van der Waals surface area contributed by atoms with Crippen molar-refractivity contribution in [2.24, 2.45) is 0 Å². The minimum atomic E-state index is -0.489. The van der Waals surface area contributed by atoms with Crippen LogP contribution in [-0.2, 0) is 23.1 Å². The number of ether oxygens (including phenoxy) is 2. The van der Waals surface area contributed by atoms with Gasteiger partial charge in [-0.25, -0.2) is 9.59 Å². The molecule has 5 nitrogen and oxygen atoms in total. The van der Waals surface area contributed by atoms with Gasteiger partial charge in [-0.2, -0.15) is 0 Å². The second kappa shape index (κ2) is 7.63. The molecule has 0 unspecified atom stereocenters. The minimum Gasteiger partial charge on any atom is -0.482 e. The first-order valence-electron chi connectivity index (χ1n) is 10.3. The molecule has 5 heteroatoms. The van der Waals surface area contributed by atoms with Crippen LogP contribution in [-0.4, -0.2) is 12.6 Å². The number of aryl methyl sites for hydroxylation is 2. The van der Waals surface area contributed by atoms with Gasteiger partial charge in [0.25, 0.3) is 0 Å². The molecule has 0 saturated heterocycles. The molecule has 156 valence electrons. The molecule has 1 aliphatic carbocycles. The summed E-state index contributed by atoms with van der Waals surface area (Å²) in [6.45, 7) is 8.10. The molecular weight excluding hydrogens is 380 g/mol. The first-order chi connectivity index (χ1) is 14.2. The van der Waals surface area contributed by atoms with Crippen molar-refractivity contribution in [2.45, 2.75) is 52.4 Å². The topological polar surface area (TPSA) is 65.7 Å². The lowest BCUT2D eigenvalue weighted by Gasteiger charge is -2.20. The third-order valence-electron chi connectivity index (χ3n) is 5.57. The summed E-state index contributed by atoms with van der Waals surface area (Å²) < 4.78 is 16.5. The van der Waals surface area contributed by atoms with Crippen LogP contribution in [0.1, 0.15) is 49.4 Å². The Morgan fingerprint density at radius 2 is 1.83 bits per heavy atom. The Hall–Kier alpha value is -3.08. The highest BCUT2D eigenvalue weighted by molar-refractivity contribution is 5.83. The molecule has 1 aliphatic rings. The predicted octanol–water partition coefficient (Wildman–Crippen LogP) is 4.87. The van der Waals surface area contributed by atoms with Crippen LogP contribution in [0.4, 0.5) is 0 Å². The molecule has 0 N–H and O–H groups in total. The van der Waals surface area contributed by atoms with Crippen molar-refractivity contribution in [1.29, 1.82) is 0 Å². The zero-order valence-corrected chi connectivity index (χ0v) is 17.8. The number of carbonyl (C=O) groups is 1. The molecule has 0 bridgehead atoms. The van der Waals surface area contributed by atoms with Crippen LogP contribution in [0.3, 0.4) is 0 Å². The third-order valence-corrected chi connectivity index (χ3v) is 5.57. The van der Waals surface area contributed by atoms with E-state index in [0.717, 1.165) is 41.3 Å². The fourth-order valence-corrected chi connectivity index (χ4v) is 3.88. The van der Waals surface area contributed by atoms with Crippen LogP contribution in [0, 0.1) is 6.92 Å². The van der Waals surface area contributed by atoms with Crippen molar-refractivity contribution in [1.82, 2.24) is 0 Å². The highest BCUT2D eigenvalue weighted by atomic mass is 16.6. The molecule has 3 aromatic rings. The van der Waals surface area contributed by atoms with Gasteiger partial charge in [0.05, 0.1) is 0 Å². The number of hydrogen-bond donors (Lipinski definition) is 0. The van der Waals surface area contributed by atoms with Crippen LogP contribution in [0.5, 0.6) is 11.5 Å². The largest absolute Gasteiger partial charge is 0.482 e. The van der Waals surface area contributed by atoms with E-state index in [1.54, 1.807) is 12.1 Å². The Labute approximate surface area is 175 Å². The fourth-order valence-electron chi connectivity index (χ4n) is 3.88. The maximum Gasteiger partial charge on any atom is 0.349 e. The van der Waals surface area contributed by atoms with Crippen LogP contribution < -0.4 is 15.1 Å². The predicted molar refractivity (Wildman–Crippen MR) is 116 cm³/mol. The second-order valence-electron chi connectivity index (χ2n) is 8.85. The van der Waals surface area contributed by atoms with E-state index in [2.05, 4.69) is 20.8 Å². The summed E-state index contributed by atoms with van der Waals surface area (Å²) in [5.41, 5.74) is 4.17. The Morgan fingerprint density at radius 3 is 2.57 bits per heavy atom. The van der Waals surface area contributed by atoms with Crippen molar-refractivity contribution in [2.75, 3.05) is 6.61 Å². The molecule has 0 atom stereocenters. The molecule has 0 spiro atoms. The van der Waals surface area contributed by atoms with Crippen molar-refractivity contribution in [3.8, 4) is 11.5 Å². The number of benzene rings is 2. The van der Waals surface area contributed by atoms with Gasteiger partial charge in [0.2, 0.25) is 0 Å². The lowest BCUT2D eigenvalue weighted by Crippen LogP contribution is -2.18. The molecule has 4 rings (SSSR count). The summed E-state index contributed by atoms with van der Waals surface area (Å²) in [6.07, 6.45) is 2.63. The van der Waals surface area contributed by atoms with Gasteiger partial charge in [-0.1, -0.05) is 32.9 Å². The quantitative estimate of drug-likeness (QED) is 0.351. The first kappa shape index (κ1) is 20.2. The molecular formula is C25H26O5. The summed E-state index contributed by atoms with van der Waals surface area (Å²) in [5, 5.41) is 0.937. The molecule has 1 heterocycles. The monoisotopic (exact) mass is 406 g/mol.